The second-order valence-corrected chi connectivity index (χ2v) is 7.25. The van der Waals surface area contributed by atoms with Crippen molar-refractivity contribution in [2.24, 2.45) is 5.92 Å². The number of hydrogen-bond acceptors (Lipinski definition) is 3. The van der Waals surface area contributed by atoms with Crippen molar-refractivity contribution in [3.05, 3.63) is 29.8 Å². The second-order valence-electron chi connectivity index (χ2n) is 5.13. The Balaban J connectivity index is 2.94. The van der Waals surface area contributed by atoms with Gasteiger partial charge >= 0.3 is 0 Å². The first kappa shape index (κ1) is 17.7. The molecule has 0 fully saturated rings. The number of rotatable bonds is 7. The van der Waals surface area contributed by atoms with Gasteiger partial charge in [-0.15, -0.1) is 0 Å². The van der Waals surface area contributed by atoms with Gasteiger partial charge in [0.15, 0.2) is 0 Å². The number of benzene rings is 1. The van der Waals surface area contributed by atoms with Crippen LogP contribution in [0.4, 0.5) is 0 Å². The van der Waals surface area contributed by atoms with E-state index >= 15 is 0 Å². The molecular weight excluding hydrogens is 288 g/mol. The molecule has 21 heavy (non-hydrogen) atoms. The molecule has 0 bridgehead atoms. The number of sulfonamides is 1. The van der Waals surface area contributed by atoms with Crippen LogP contribution in [0.1, 0.15) is 32.3 Å². The van der Waals surface area contributed by atoms with Gasteiger partial charge in [0.05, 0.1) is 4.90 Å². The molecule has 1 aromatic rings. The van der Waals surface area contributed by atoms with Gasteiger partial charge < -0.3 is 5.32 Å². The molecule has 1 rings (SSSR count). The summed E-state index contributed by atoms with van der Waals surface area (Å²) in [7, 11) is -0.515. The first-order chi connectivity index (χ1) is 9.84. The summed E-state index contributed by atoms with van der Waals surface area (Å²) in [4.78, 5) is 12.2. The maximum atomic E-state index is 12.3. The average Bonchev–Trinajstić information content (AvgIpc) is 2.46. The van der Waals surface area contributed by atoms with Gasteiger partial charge in [0.25, 0.3) is 0 Å². The number of carbonyl (C=O) groups is 1. The van der Waals surface area contributed by atoms with Gasteiger partial charge in [-0.05, 0) is 24.5 Å². The van der Waals surface area contributed by atoms with E-state index in [9.17, 15) is 13.2 Å². The van der Waals surface area contributed by atoms with E-state index in [1.54, 1.807) is 24.3 Å². The monoisotopic (exact) mass is 312 g/mol. The summed E-state index contributed by atoms with van der Waals surface area (Å²) in [5.74, 6) is -0.0559. The zero-order valence-electron chi connectivity index (χ0n) is 13.1. The van der Waals surface area contributed by atoms with Crippen molar-refractivity contribution in [1.82, 2.24) is 9.62 Å². The summed E-state index contributed by atoms with van der Waals surface area (Å²) in [6.07, 6.45) is 1.56. The van der Waals surface area contributed by atoms with Crippen molar-refractivity contribution < 1.29 is 13.2 Å². The zero-order chi connectivity index (χ0) is 16.0. The molecule has 118 valence electrons. The Kier molecular flexibility index (Phi) is 6.36. The molecule has 0 radical (unpaired) electrons. The van der Waals surface area contributed by atoms with Crippen LogP contribution in [-0.4, -0.2) is 32.7 Å². The summed E-state index contributed by atoms with van der Waals surface area (Å²) in [5.41, 5.74) is 0.602. The smallest absolute Gasteiger partial charge is 0.242 e. The van der Waals surface area contributed by atoms with E-state index < -0.39 is 10.0 Å². The largest absolute Gasteiger partial charge is 0.352 e. The summed E-state index contributed by atoms with van der Waals surface area (Å²) in [6, 6.07) is 6.74. The van der Waals surface area contributed by atoms with E-state index in [2.05, 4.69) is 5.32 Å². The Morgan fingerprint density at radius 3 is 2.29 bits per heavy atom. The van der Waals surface area contributed by atoms with Crippen molar-refractivity contribution in [2.75, 3.05) is 14.1 Å². The fourth-order valence-corrected chi connectivity index (χ4v) is 3.20. The average molecular weight is 312 g/mol. The van der Waals surface area contributed by atoms with E-state index in [1.807, 2.05) is 13.8 Å². The van der Waals surface area contributed by atoms with Crippen LogP contribution in [0.25, 0.3) is 0 Å². The van der Waals surface area contributed by atoms with E-state index in [0.717, 1.165) is 12.8 Å². The van der Waals surface area contributed by atoms with Gasteiger partial charge in [0, 0.05) is 26.6 Å². The topological polar surface area (TPSA) is 66.5 Å². The number of carbonyl (C=O) groups excluding carboxylic acids is 1. The van der Waals surface area contributed by atoms with E-state index in [0.29, 0.717) is 5.56 Å². The quantitative estimate of drug-likeness (QED) is 0.837. The lowest BCUT2D eigenvalue weighted by Gasteiger charge is -2.17. The summed E-state index contributed by atoms with van der Waals surface area (Å²) < 4.78 is 25.7. The van der Waals surface area contributed by atoms with Crippen molar-refractivity contribution in [3.8, 4) is 0 Å². The minimum absolute atomic E-state index is 0.0254. The molecule has 0 unspecified atom stereocenters. The Labute approximate surface area is 127 Å². The van der Waals surface area contributed by atoms with E-state index in [1.165, 1.54) is 18.4 Å². The SMILES string of the molecule is CCC(CC)C(=O)NCc1ccccc1S(=O)(=O)N(C)C. The normalized spacial score (nSPS) is 11.9. The molecule has 0 spiro atoms. The molecule has 6 heteroatoms. The summed E-state index contributed by atoms with van der Waals surface area (Å²) in [5, 5.41) is 2.83. The molecule has 0 aromatic heterocycles. The van der Waals surface area contributed by atoms with Crippen molar-refractivity contribution in [3.63, 3.8) is 0 Å². The van der Waals surface area contributed by atoms with Crippen LogP contribution in [0, 0.1) is 5.92 Å². The van der Waals surface area contributed by atoms with Crippen molar-refractivity contribution in [1.29, 1.82) is 0 Å². The maximum Gasteiger partial charge on any atom is 0.242 e. The van der Waals surface area contributed by atoms with Gasteiger partial charge in [-0.1, -0.05) is 32.0 Å². The van der Waals surface area contributed by atoms with Crippen molar-refractivity contribution in [2.45, 2.75) is 38.1 Å². The molecule has 0 aliphatic rings. The van der Waals surface area contributed by atoms with Crippen LogP contribution in [0.5, 0.6) is 0 Å². The minimum atomic E-state index is -3.50. The van der Waals surface area contributed by atoms with Gasteiger partial charge in [-0.25, -0.2) is 12.7 Å². The third-order valence-corrected chi connectivity index (χ3v) is 5.46. The second kappa shape index (κ2) is 7.56. The Hall–Kier alpha value is -1.40. The highest BCUT2D eigenvalue weighted by Crippen LogP contribution is 2.18. The zero-order valence-corrected chi connectivity index (χ0v) is 13.9. The highest BCUT2D eigenvalue weighted by atomic mass is 32.2. The molecule has 1 N–H and O–H groups in total. The Morgan fingerprint density at radius 2 is 1.76 bits per heavy atom. The van der Waals surface area contributed by atoms with E-state index in [4.69, 9.17) is 0 Å². The Morgan fingerprint density at radius 1 is 1.19 bits per heavy atom. The van der Waals surface area contributed by atoms with Gasteiger partial charge in [0.1, 0.15) is 0 Å². The van der Waals surface area contributed by atoms with E-state index in [-0.39, 0.29) is 23.3 Å². The standard InChI is InChI=1S/C15H24N2O3S/c1-5-12(6-2)15(18)16-11-13-9-7-8-10-14(13)21(19,20)17(3)4/h7-10,12H,5-6,11H2,1-4H3,(H,16,18). The first-order valence-corrected chi connectivity index (χ1v) is 8.56. The summed E-state index contributed by atoms with van der Waals surface area (Å²) >= 11 is 0. The molecular formula is C15H24N2O3S. The molecule has 1 aromatic carbocycles. The predicted molar refractivity (Wildman–Crippen MR) is 83.2 cm³/mol. The van der Waals surface area contributed by atoms with Crippen LogP contribution in [0.2, 0.25) is 0 Å². The van der Waals surface area contributed by atoms with Gasteiger partial charge in [-0.3, -0.25) is 4.79 Å². The van der Waals surface area contributed by atoms with Crippen LogP contribution in [-0.2, 0) is 21.4 Å². The number of nitrogens with one attached hydrogen (secondary N) is 1. The molecule has 0 saturated carbocycles. The maximum absolute atomic E-state index is 12.3. The fraction of sp³-hybridized carbons (Fsp3) is 0.533. The number of amides is 1. The number of nitrogens with zero attached hydrogens (tertiary/aromatic N) is 1. The summed E-state index contributed by atoms with van der Waals surface area (Å²) in [6.45, 7) is 4.16. The molecule has 0 aliphatic carbocycles. The molecule has 1 amide bonds. The number of hydrogen-bond donors (Lipinski definition) is 1. The molecule has 0 atom stereocenters. The van der Waals surface area contributed by atoms with Crippen LogP contribution in [0.15, 0.2) is 29.2 Å². The van der Waals surface area contributed by atoms with Crippen molar-refractivity contribution >= 4 is 15.9 Å². The van der Waals surface area contributed by atoms with Gasteiger partial charge in [-0.2, -0.15) is 0 Å². The van der Waals surface area contributed by atoms with Crippen LogP contribution < -0.4 is 5.32 Å². The highest BCUT2D eigenvalue weighted by molar-refractivity contribution is 7.89. The molecule has 5 nitrogen and oxygen atoms in total. The lowest BCUT2D eigenvalue weighted by molar-refractivity contribution is -0.125. The van der Waals surface area contributed by atoms with Gasteiger partial charge in [0.2, 0.25) is 15.9 Å². The fourth-order valence-electron chi connectivity index (χ4n) is 2.08. The van der Waals surface area contributed by atoms with Crippen LogP contribution >= 0.6 is 0 Å². The lowest BCUT2D eigenvalue weighted by Crippen LogP contribution is -2.31. The third-order valence-electron chi connectivity index (χ3n) is 3.54. The molecule has 0 heterocycles. The predicted octanol–water partition coefficient (Wildman–Crippen LogP) is 1.99. The minimum Gasteiger partial charge on any atom is -0.352 e. The molecule has 0 saturated heterocycles. The lowest BCUT2D eigenvalue weighted by atomic mass is 10.0. The highest BCUT2D eigenvalue weighted by Gasteiger charge is 2.21. The van der Waals surface area contributed by atoms with Crippen LogP contribution in [0.3, 0.4) is 0 Å². The third kappa shape index (κ3) is 4.28. The first-order valence-electron chi connectivity index (χ1n) is 7.12. The molecule has 0 aliphatic heterocycles. The Bertz CT molecular complexity index is 578.